The molecule has 1 saturated carbocycles. The average Bonchev–Trinajstić information content (AvgIpc) is 2.75. The van der Waals surface area contributed by atoms with Crippen molar-refractivity contribution in [3.05, 3.63) is 0 Å². The molecule has 1 aliphatic carbocycles. The summed E-state index contributed by atoms with van der Waals surface area (Å²) in [6.07, 6.45) is 6.15. The number of rotatable bonds is 5. The summed E-state index contributed by atoms with van der Waals surface area (Å²) >= 11 is 0. The molecule has 0 spiro atoms. The van der Waals surface area contributed by atoms with E-state index in [0.717, 1.165) is 19.6 Å². The van der Waals surface area contributed by atoms with Gasteiger partial charge in [0.25, 0.3) is 0 Å². The van der Waals surface area contributed by atoms with E-state index >= 15 is 0 Å². The summed E-state index contributed by atoms with van der Waals surface area (Å²) in [4.78, 5) is 0. The Morgan fingerprint density at radius 3 is 2.81 bits per heavy atom. The lowest BCUT2D eigenvalue weighted by atomic mass is 9.64. The third-order valence-corrected chi connectivity index (χ3v) is 4.33. The van der Waals surface area contributed by atoms with Crippen molar-refractivity contribution in [3.8, 4) is 0 Å². The third-order valence-electron chi connectivity index (χ3n) is 4.33. The lowest BCUT2D eigenvalue weighted by molar-refractivity contribution is -0.0724. The van der Waals surface area contributed by atoms with Gasteiger partial charge in [-0.05, 0) is 38.6 Å². The van der Waals surface area contributed by atoms with Gasteiger partial charge in [0, 0.05) is 18.1 Å². The summed E-state index contributed by atoms with van der Waals surface area (Å²) in [5.74, 6) is 0. The van der Waals surface area contributed by atoms with E-state index in [2.05, 4.69) is 19.2 Å². The lowest BCUT2D eigenvalue weighted by Crippen LogP contribution is -2.60. The molecule has 2 rings (SSSR count). The van der Waals surface area contributed by atoms with Crippen LogP contribution < -0.4 is 5.32 Å². The van der Waals surface area contributed by atoms with E-state index in [9.17, 15) is 5.11 Å². The van der Waals surface area contributed by atoms with Crippen molar-refractivity contribution in [1.29, 1.82) is 0 Å². The summed E-state index contributed by atoms with van der Waals surface area (Å²) in [6, 6.07) is 0.493. The molecule has 1 heterocycles. The van der Waals surface area contributed by atoms with E-state index < -0.39 is 0 Å². The maximum atomic E-state index is 9.62. The minimum absolute atomic E-state index is 0.0594. The molecule has 0 aromatic rings. The molecule has 16 heavy (non-hydrogen) atoms. The van der Waals surface area contributed by atoms with E-state index in [1.807, 2.05) is 0 Å². The Balaban J connectivity index is 1.55. The zero-order valence-corrected chi connectivity index (χ0v) is 10.5. The Labute approximate surface area is 98.6 Å². The van der Waals surface area contributed by atoms with E-state index in [4.69, 9.17) is 4.74 Å². The molecule has 94 valence electrons. The zero-order valence-electron chi connectivity index (χ0n) is 10.5. The summed E-state index contributed by atoms with van der Waals surface area (Å²) in [5.41, 5.74) is 0.0594. The molecule has 0 aromatic carbocycles. The van der Waals surface area contributed by atoms with Crippen molar-refractivity contribution in [2.24, 2.45) is 5.41 Å². The van der Waals surface area contributed by atoms with Crippen LogP contribution in [0.5, 0.6) is 0 Å². The van der Waals surface area contributed by atoms with Gasteiger partial charge in [-0.25, -0.2) is 0 Å². The molecule has 3 heteroatoms. The SMILES string of the molecule is CC1(C)C(O)CC1NCCCC1CCCO1. The van der Waals surface area contributed by atoms with Crippen LogP contribution in [0.1, 0.15) is 46.0 Å². The van der Waals surface area contributed by atoms with Crippen LogP contribution >= 0.6 is 0 Å². The molecule has 3 nitrogen and oxygen atoms in total. The molecule has 2 aliphatic rings. The zero-order chi connectivity index (χ0) is 11.6. The Hall–Kier alpha value is -0.120. The van der Waals surface area contributed by atoms with E-state index in [-0.39, 0.29) is 11.5 Å². The smallest absolute Gasteiger partial charge is 0.0621 e. The highest BCUT2D eigenvalue weighted by atomic mass is 16.5. The second kappa shape index (κ2) is 5.03. The number of hydrogen-bond acceptors (Lipinski definition) is 3. The largest absolute Gasteiger partial charge is 0.392 e. The van der Waals surface area contributed by atoms with Gasteiger partial charge in [0.1, 0.15) is 0 Å². The second-order valence-electron chi connectivity index (χ2n) is 5.86. The average molecular weight is 227 g/mol. The first-order valence-electron chi connectivity index (χ1n) is 6.64. The highest BCUT2D eigenvalue weighted by molar-refractivity contribution is 5.01. The van der Waals surface area contributed by atoms with E-state index in [0.29, 0.717) is 12.1 Å². The predicted molar refractivity (Wildman–Crippen MR) is 64.4 cm³/mol. The van der Waals surface area contributed by atoms with Gasteiger partial charge in [-0.3, -0.25) is 0 Å². The monoisotopic (exact) mass is 227 g/mol. The number of hydrogen-bond donors (Lipinski definition) is 2. The number of nitrogens with one attached hydrogen (secondary N) is 1. The Morgan fingerprint density at radius 2 is 2.25 bits per heavy atom. The molecule has 1 saturated heterocycles. The molecule has 3 unspecified atom stereocenters. The number of ether oxygens (including phenoxy) is 1. The standard InChI is InChI=1S/C13H25NO2/c1-13(2)11(9-12(13)15)14-7-3-5-10-6-4-8-16-10/h10-12,14-15H,3-9H2,1-2H3. The second-order valence-corrected chi connectivity index (χ2v) is 5.86. The van der Waals surface area contributed by atoms with Gasteiger partial charge in [-0.15, -0.1) is 0 Å². The maximum Gasteiger partial charge on any atom is 0.0621 e. The van der Waals surface area contributed by atoms with Crippen LogP contribution in [-0.4, -0.2) is 36.5 Å². The highest BCUT2D eigenvalue weighted by Gasteiger charge is 2.46. The third kappa shape index (κ3) is 2.58. The first-order chi connectivity index (χ1) is 7.60. The first kappa shape index (κ1) is 12.3. The molecule has 0 aromatic heterocycles. The topological polar surface area (TPSA) is 41.5 Å². The van der Waals surface area contributed by atoms with E-state index in [1.165, 1.54) is 25.7 Å². The molecule has 0 bridgehead atoms. The molecule has 0 amide bonds. The lowest BCUT2D eigenvalue weighted by Gasteiger charge is -2.49. The molecular formula is C13H25NO2. The van der Waals surface area contributed by atoms with Gasteiger partial charge in [0.15, 0.2) is 0 Å². The fraction of sp³-hybridized carbons (Fsp3) is 1.00. The van der Waals surface area contributed by atoms with Crippen LogP contribution in [-0.2, 0) is 4.74 Å². The van der Waals surface area contributed by atoms with Crippen LogP contribution in [0.4, 0.5) is 0 Å². The minimum Gasteiger partial charge on any atom is -0.392 e. The maximum absolute atomic E-state index is 9.62. The van der Waals surface area contributed by atoms with E-state index in [1.54, 1.807) is 0 Å². The van der Waals surface area contributed by atoms with Gasteiger partial charge in [-0.1, -0.05) is 13.8 Å². The van der Waals surface area contributed by atoms with Crippen LogP contribution in [0.2, 0.25) is 0 Å². The quantitative estimate of drug-likeness (QED) is 0.702. The fourth-order valence-corrected chi connectivity index (χ4v) is 2.73. The van der Waals surface area contributed by atoms with Gasteiger partial charge in [0.2, 0.25) is 0 Å². The first-order valence-corrected chi connectivity index (χ1v) is 6.64. The van der Waals surface area contributed by atoms with Crippen molar-refractivity contribution in [2.45, 2.75) is 64.2 Å². The minimum atomic E-state index is -0.122. The van der Waals surface area contributed by atoms with Crippen LogP contribution in [0.25, 0.3) is 0 Å². The van der Waals surface area contributed by atoms with Gasteiger partial charge < -0.3 is 15.2 Å². The predicted octanol–water partition coefficient (Wildman–Crippen LogP) is 1.69. The molecule has 1 aliphatic heterocycles. The van der Waals surface area contributed by atoms with Gasteiger partial charge >= 0.3 is 0 Å². The summed E-state index contributed by atoms with van der Waals surface area (Å²) in [5, 5.41) is 13.2. The normalized spacial score (nSPS) is 37.3. The summed E-state index contributed by atoms with van der Waals surface area (Å²) in [7, 11) is 0. The summed E-state index contributed by atoms with van der Waals surface area (Å²) in [6.45, 7) is 6.29. The number of aliphatic hydroxyl groups excluding tert-OH is 1. The fourth-order valence-electron chi connectivity index (χ4n) is 2.73. The highest BCUT2D eigenvalue weighted by Crippen LogP contribution is 2.40. The molecule has 3 atom stereocenters. The van der Waals surface area contributed by atoms with Crippen molar-refractivity contribution in [1.82, 2.24) is 5.32 Å². The van der Waals surface area contributed by atoms with Crippen molar-refractivity contribution in [3.63, 3.8) is 0 Å². The van der Waals surface area contributed by atoms with Crippen LogP contribution in [0.3, 0.4) is 0 Å². The van der Waals surface area contributed by atoms with Crippen molar-refractivity contribution >= 4 is 0 Å². The molecule has 2 fully saturated rings. The van der Waals surface area contributed by atoms with Gasteiger partial charge in [0.05, 0.1) is 12.2 Å². The summed E-state index contributed by atoms with van der Waals surface area (Å²) < 4.78 is 5.59. The molecule has 0 radical (unpaired) electrons. The van der Waals surface area contributed by atoms with Crippen molar-refractivity contribution in [2.75, 3.05) is 13.2 Å². The van der Waals surface area contributed by atoms with Crippen molar-refractivity contribution < 1.29 is 9.84 Å². The van der Waals surface area contributed by atoms with Crippen LogP contribution in [0.15, 0.2) is 0 Å². The van der Waals surface area contributed by atoms with Gasteiger partial charge in [-0.2, -0.15) is 0 Å². The molecule has 2 N–H and O–H groups in total. The number of aliphatic hydroxyl groups is 1. The molecular weight excluding hydrogens is 202 g/mol. The Bertz CT molecular complexity index is 224. The Kier molecular flexibility index (Phi) is 3.88. The van der Waals surface area contributed by atoms with Crippen LogP contribution in [0, 0.1) is 5.41 Å². The Morgan fingerprint density at radius 1 is 1.44 bits per heavy atom.